The maximum absolute atomic E-state index is 11.8. The second kappa shape index (κ2) is 5.59. The summed E-state index contributed by atoms with van der Waals surface area (Å²) >= 11 is 6.60. The summed E-state index contributed by atoms with van der Waals surface area (Å²) in [7, 11) is 0. The van der Waals surface area contributed by atoms with E-state index in [0.29, 0.717) is 5.56 Å². The molecule has 1 rings (SSSR count). The van der Waals surface area contributed by atoms with Crippen molar-refractivity contribution in [2.75, 3.05) is 0 Å². The van der Waals surface area contributed by atoms with Crippen molar-refractivity contribution in [2.45, 2.75) is 13.3 Å². The molecule has 86 valence electrons. The molecule has 0 amide bonds. The van der Waals surface area contributed by atoms with Crippen LogP contribution in [0, 0.1) is 5.92 Å². The monoisotopic (exact) mass is 348 g/mol. The Morgan fingerprint density at radius 1 is 1.31 bits per heavy atom. The largest absolute Gasteiger partial charge is 0.481 e. The molecule has 0 heterocycles. The Balaban J connectivity index is 2.88. The first-order valence-electron chi connectivity index (χ1n) is 4.63. The zero-order valence-corrected chi connectivity index (χ0v) is 11.7. The maximum atomic E-state index is 11.8. The fourth-order valence-corrected chi connectivity index (χ4v) is 1.91. The lowest BCUT2D eigenvalue weighted by Crippen LogP contribution is -2.15. The van der Waals surface area contributed by atoms with Crippen molar-refractivity contribution in [3.63, 3.8) is 0 Å². The highest BCUT2D eigenvalue weighted by Crippen LogP contribution is 2.25. The molecule has 0 spiro atoms. The standard InChI is InChI=1S/C11H10Br2O3/c1-6(4-10(14)15)11(16)7-2-3-8(12)9(13)5-7/h2-3,5-6H,4H2,1H3,(H,14,15). The van der Waals surface area contributed by atoms with E-state index in [-0.39, 0.29) is 12.2 Å². The lowest BCUT2D eigenvalue weighted by atomic mass is 9.97. The molecule has 16 heavy (non-hydrogen) atoms. The zero-order chi connectivity index (χ0) is 12.3. The molecule has 1 aromatic rings. The first-order chi connectivity index (χ1) is 7.41. The minimum Gasteiger partial charge on any atom is -0.481 e. The van der Waals surface area contributed by atoms with Gasteiger partial charge in [0.1, 0.15) is 0 Å². The fourth-order valence-electron chi connectivity index (χ4n) is 1.29. The van der Waals surface area contributed by atoms with Gasteiger partial charge < -0.3 is 5.11 Å². The van der Waals surface area contributed by atoms with E-state index in [4.69, 9.17) is 5.11 Å². The minimum atomic E-state index is -0.961. The Morgan fingerprint density at radius 2 is 1.94 bits per heavy atom. The summed E-state index contributed by atoms with van der Waals surface area (Å²) in [6.07, 6.45) is -0.146. The molecule has 1 atom stereocenters. The van der Waals surface area contributed by atoms with Gasteiger partial charge in [0.05, 0.1) is 6.42 Å². The lowest BCUT2D eigenvalue weighted by Gasteiger charge is -2.08. The number of Topliss-reactive ketones (excluding diaryl/α,β-unsaturated/α-hetero) is 1. The van der Waals surface area contributed by atoms with Crippen LogP contribution >= 0.6 is 31.9 Å². The van der Waals surface area contributed by atoms with E-state index in [9.17, 15) is 9.59 Å². The van der Waals surface area contributed by atoms with Gasteiger partial charge in [0.25, 0.3) is 0 Å². The normalized spacial score (nSPS) is 12.2. The van der Waals surface area contributed by atoms with Crippen LogP contribution in [-0.2, 0) is 4.79 Å². The Labute approximate surface area is 110 Å². The number of carboxylic acids is 1. The van der Waals surface area contributed by atoms with Gasteiger partial charge in [-0.1, -0.05) is 13.0 Å². The first-order valence-corrected chi connectivity index (χ1v) is 6.21. The van der Waals surface area contributed by atoms with E-state index in [1.807, 2.05) is 0 Å². The van der Waals surface area contributed by atoms with Gasteiger partial charge in [-0.25, -0.2) is 0 Å². The summed E-state index contributed by atoms with van der Waals surface area (Å²) in [4.78, 5) is 22.3. The summed E-state index contributed by atoms with van der Waals surface area (Å²) in [5, 5.41) is 8.61. The van der Waals surface area contributed by atoms with Gasteiger partial charge in [0, 0.05) is 20.4 Å². The number of aliphatic carboxylic acids is 1. The molecule has 0 aliphatic carbocycles. The number of carbonyl (C=O) groups is 2. The molecule has 0 bridgehead atoms. The second-order valence-electron chi connectivity index (χ2n) is 3.49. The molecule has 5 heteroatoms. The number of benzene rings is 1. The van der Waals surface area contributed by atoms with Gasteiger partial charge in [-0.15, -0.1) is 0 Å². The summed E-state index contributed by atoms with van der Waals surface area (Å²) in [5.41, 5.74) is 0.517. The molecule has 0 aromatic heterocycles. The van der Waals surface area contributed by atoms with Gasteiger partial charge in [-0.2, -0.15) is 0 Å². The number of carbonyl (C=O) groups excluding carboxylic acids is 1. The van der Waals surface area contributed by atoms with Crippen LogP contribution in [0.1, 0.15) is 23.7 Å². The highest BCUT2D eigenvalue weighted by atomic mass is 79.9. The minimum absolute atomic E-state index is 0.146. The number of carboxylic acid groups (broad SMARTS) is 1. The van der Waals surface area contributed by atoms with Crippen molar-refractivity contribution in [2.24, 2.45) is 5.92 Å². The summed E-state index contributed by atoms with van der Waals surface area (Å²) in [6, 6.07) is 5.12. The van der Waals surface area contributed by atoms with Crippen LogP contribution in [0.4, 0.5) is 0 Å². The molecule has 0 radical (unpaired) electrons. The third-order valence-corrected chi connectivity index (χ3v) is 4.01. The molecular formula is C11H10Br2O3. The van der Waals surface area contributed by atoms with E-state index >= 15 is 0 Å². The van der Waals surface area contributed by atoms with Crippen LogP contribution in [0.3, 0.4) is 0 Å². The first kappa shape index (κ1) is 13.4. The Kier molecular flexibility index (Phi) is 4.68. The van der Waals surface area contributed by atoms with Gasteiger partial charge in [0.15, 0.2) is 5.78 Å². The van der Waals surface area contributed by atoms with E-state index in [1.165, 1.54) is 0 Å². The predicted molar refractivity (Wildman–Crippen MR) is 67.6 cm³/mol. The Hall–Kier alpha value is -0.680. The van der Waals surface area contributed by atoms with Crippen LogP contribution in [-0.4, -0.2) is 16.9 Å². The van der Waals surface area contributed by atoms with Gasteiger partial charge in [-0.3, -0.25) is 9.59 Å². The van der Waals surface area contributed by atoms with Crippen LogP contribution in [0.5, 0.6) is 0 Å². The second-order valence-corrected chi connectivity index (χ2v) is 5.20. The quantitative estimate of drug-likeness (QED) is 0.846. The van der Waals surface area contributed by atoms with Crippen LogP contribution in [0.15, 0.2) is 27.1 Å². The number of hydrogen-bond acceptors (Lipinski definition) is 2. The van der Waals surface area contributed by atoms with Crippen molar-refractivity contribution < 1.29 is 14.7 Å². The van der Waals surface area contributed by atoms with Crippen LogP contribution in [0.25, 0.3) is 0 Å². The van der Waals surface area contributed by atoms with E-state index in [2.05, 4.69) is 31.9 Å². The van der Waals surface area contributed by atoms with E-state index < -0.39 is 11.9 Å². The van der Waals surface area contributed by atoms with Crippen LogP contribution in [0.2, 0.25) is 0 Å². The fraction of sp³-hybridized carbons (Fsp3) is 0.273. The zero-order valence-electron chi connectivity index (χ0n) is 8.54. The average molecular weight is 350 g/mol. The maximum Gasteiger partial charge on any atom is 0.304 e. The van der Waals surface area contributed by atoms with Crippen molar-refractivity contribution in [3.05, 3.63) is 32.7 Å². The Bertz CT molecular complexity index is 429. The molecule has 0 aliphatic heterocycles. The van der Waals surface area contributed by atoms with E-state index in [1.54, 1.807) is 25.1 Å². The molecule has 3 nitrogen and oxygen atoms in total. The van der Waals surface area contributed by atoms with E-state index in [0.717, 1.165) is 8.95 Å². The Morgan fingerprint density at radius 3 is 2.44 bits per heavy atom. The number of hydrogen-bond donors (Lipinski definition) is 1. The molecule has 0 fully saturated rings. The summed E-state index contributed by atoms with van der Waals surface area (Å²) in [6.45, 7) is 1.62. The SMILES string of the molecule is CC(CC(=O)O)C(=O)c1ccc(Br)c(Br)c1. The van der Waals surface area contributed by atoms with Crippen molar-refractivity contribution in [3.8, 4) is 0 Å². The highest BCUT2D eigenvalue weighted by Gasteiger charge is 2.18. The number of halogens is 2. The molecule has 0 aliphatic rings. The third kappa shape index (κ3) is 3.42. The number of ketones is 1. The smallest absolute Gasteiger partial charge is 0.304 e. The summed E-state index contributed by atoms with van der Waals surface area (Å²) < 4.78 is 1.64. The molecule has 1 unspecified atom stereocenters. The molecule has 1 N–H and O–H groups in total. The molecular weight excluding hydrogens is 340 g/mol. The predicted octanol–water partition coefficient (Wildman–Crippen LogP) is 3.51. The topological polar surface area (TPSA) is 54.4 Å². The van der Waals surface area contributed by atoms with Crippen molar-refractivity contribution in [1.82, 2.24) is 0 Å². The lowest BCUT2D eigenvalue weighted by molar-refractivity contribution is -0.137. The molecule has 0 saturated heterocycles. The van der Waals surface area contributed by atoms with Crippen LogP contribution < -0.4 is 0 Å². The van der Waals surface area contributed by atoms with Gasteiger partial charge in [0.2, 0.25) is 0 Å². The molecule has 0 saturated carbocycles. The molecule has 1 aromatic carbocycles. The van der Waals surface area contributed by atoms with Crippen molar-refractivity contribution >= 4 is 43.6 Å². The highest BCUT2D eigenvalue weighted by molar-refractivity contribution is 9.13. The number of rotatable bonds is 4. The van der Waals surface area contributed by atoms with Crippen molar-refractivity contribution in [1.29, 1.82) is 0 Å². The van der Waals surface area contributed by atoms with Gasteiger partial charge in [-0.05, 0) is 44.0 Å². The third-order valence-electron chi connectivity index (χ3n) is 2.13. The van der Waals surface area contributed by atoms with Gasteiger partial charge >= 0.3 is 5.97 Å². The summed E-state index contributed by atoms with van der Waals surface area (Å²) in [5.74, 6) is -1.63. The average Bonchev–Trinajstić information content (AvgIpc) is 2.20.